The highest BCUT2D eigenvalue weighted by Gasteiger charge is 2.10. The Morgan fingerprint density at radius 2 is 1.84 bits per heavy atom. The third kappa shape index (κ3) is 4.90. The van der Waals surface area contributed by atoms with Crippen LogP contribution in [-0.4, -0.2) is 28.0 Å². The largest absolute Gasteiger partial charge is 0.490 e. The van der Waals surface area contributed by atoms with Crippen LogP contribution in [0.25, 0.3) is 11.4 Å². The number of hydrogen-bond acceptors (Lipinski definition) is 5. The van der Waals surface area contributed by atoms with Crippen LogP contribution in [0.5, 0.6) is 5.75 Å². The van der Waals surface area contributed by atoms with Crippen molar-refractivity contribution in [2.45, 2.75) is 32.3 Å². The molecule has 3 rings (SSSR count). The molecule has 0 saturated carbocycles. The molecule has 0 aliphatic heterocycles. The number of aliphatic hydroxyl groups is 1. The van der Waals surface area contributed by atoms with Gasteiger partial charge in [-0.05, 0) is 43.2 Å². The van der Waals surface area contributed by atoms with Crippen molar-refractivity contribution in [3.05, 3.63) is 66.1 Å². The van der Waals surface area contributed by atoms with E-state index < -0.39 is 0 Å². The molecule has 1 atom stereocenters. The number of ether oxygens (including phenoxy) is 1. The van der Waals surface area contributed by atoms with E-state index >= 15 is 0 Å². The highest BCUT2D eigenvalue weighted by molar-refractivity contribution is 5.55. The van der Waals surface area contributed by atoms with E-state index in [4.69, 9.17) is 14.4 Å². The molecule has 5 heteroatoms. The lowest BCUT2D eigenvalue weighted by Gasteiger charge is -2.15. The molecule has 0 spiro atoms. The van der Waals surface area contributed by atoms with Gasteiger partial charge in [-0.2, -0.15) is 4.98 Å². The molecule has 0 aliphatic carbocycles. The lowest BCUT2D eigenvalue weighted by atomic mass is 10.1. The maximum Gasteiger partial charge on any atom is 0.227 e. The molecule has 1 aromatic heterocycles. The van der Waals surface area contributed by atoms with E-state index in [1.165, 1.54) is 5.56 Å². The Morgan fingerprint density at radius 3 is 2.56 bits per heavy atom. The number of aromatic nitrogens is 2. The lowest BCUT2D eigenvalue weighted by Crippen LogP contribution is -2.14. The summed E-state index contributed by atoms with van der Waals surface area (Å²) in [7, 11) is 0. The zero-order valence-electron chi connectivity index (χ0n) is 14.3. The van der Waals surface area contributed by atoms with E-state index in [0.717, 1.165) is 17.7 Å². The topological polar surface area (TPSA) is 68.4 Å². The number of rotatable bonds is 8. The summed E-state index contributed by atoms with van der Waals surface area (Å²) >= 11 is 0. The van der Waals surface area contributed by atoms with E-state index in [2.05, 4.69) is 29.2 Å². The van der Waals surface area contributed by atoms with Gasteiger partial charge in [-0.3, -0.25) is 0 Å². The van der Waals surface area contributed by atoms with Crippen LogP contribution in [0.3, 0.4) is 0 Å². The molecule has 0 bridgehead atoms. The molecular formula is C20H22N2O3. The van der Waals surface area contributed by atoms with Gasteiger partial charge in [-0.25, -0.2) is 0 Å². The Balaban J connectivity index is 1.59. The SMILES string of the molecule is C[C@H](Cc1ccccc1)Oc1ccc(-c2noc(CCCO)n2)cc1. The van der Waals surface area contributed by atoms with Crippen LogP contribution in [-0.2, 0) is 12.8 Å². The van der Waals surface area contributed by atoms with Crippen molar-refractivity contribution in [1.29, 1.82) is 0 Å². The van der Waals surface area contributed by atoms with Gasteiger partial charge in [0.05, 0.1) is 6.10 Å². The molecule has 3 aromatic rings. The standard InChI is InChI=1S/C20H22N2O3/c1-15(14-16-6-3-2-4-7-16)24-18-11-9-17(10-12-18)20-21-19(25-22-20)8-5-13-23/h2-4,6-7,9-12,15,23H,5,8,13-14H2,1H3/t15-/m1/s1. The molecule has 1 heterocycles. The van der Waals surface area contributed by atoms with Crippen molar-refractivity contribution in [2.24, 2.45) is 0 Å². The number of aryl methyl sites for hydroxylation is 1. The van der Waals surface area contributed by atoms with Crippen molar-refractivity contribution < 1.29 is 14.4 Å². The first-order chi connectivity index (χ1) is 12.2. The van der Waals surface area contributed by atoms with Gasteiger partial charge in [0.1, 0.15) is 5.75 Å². The van der Waals surface area contributed by atoms with Crippen molar-refractivity contribution in [1.82, 2.24) is 10.1 Å². The number of benzene rings is 2. The van der Waals surface area contributed by atoms with Crippen molar-refractivity contribution in [2.75, 3.05) is 6.61 Å². The minimum Gasteiger partial charge on any atom is -0.490 e. The fraction of sp³-hybridized carbons (Fsp3) is 0.300. The molecule has 1 N–H and O–H groups in total. The maximum atomic E-state index is 8.84. The summed E-state index contributed by atoms with van der Waals surface area (Å²) in [6.45, 7) is 2.18. The normalized spacial score (nSPS) is 12.1. The minimum absolute atomic E-state index is 0.0866. The van der Waals surface area contributed by atoms with Crippen LogP contribution in [0.1, 0.15) is 24.8 Å². The Hall–Kier alpha value is -2.66. The van der Waals surface area contributed by atoms with E-state index in [1.54, 1.807) is 0 Å². The zero-order chi connectivity index (χ0) is 17.5. The average molecular weight is 338 g/mol. The monoisotopic (exact) mass is 338 g/mol. The molecule has 5 nitrogen and oxygen atoms in total. The fourth-order valence-corrected chi connectivity index (χ4v) is 2.61. The molecule has 0 fully saturated rings. The molecule has 0 unspecified atom stereocenters. The van der Waals surface area contributed by atoms with Crippen LogP contribution >= 0.6 is 0 Å². The van der Waals surface area contributed by atoms with Crippen molar-refractivity contribution in [3.8, 4) is 17.1 Å². The fourth-order valence-electron chi connectivity index (χ4n) is 2.61. The van der Waals surface area contributed by atoms with Crippen molar-refractivity contribution in [3.63, 3.8) is 0 Å². The zero-order valence-corrected chi connectivity index (χ0v) is 14.3. The number of aliphatic hydroxyl groups excluding tert-OH is 1. The number of nitrogens with zero attached hydrogens (tertiary/aromatic N) is 2. The summed E-state index contributed by atoms with van der Waals surface area (Å²) in [5.41, 5.74) is 2.14. The van der Waals surface area contributed by atoms with Gasteiger partial charge in [0, 0.05) is 25.0 Å². The Bertz CT molecular complexity index is 769. The summed E-state index contributed by atoms with van der Waals surface area (Å²) in [5, 5.41) is 12.8. The van der Waals surface area contributed by atoms with E-state index in [0.29, 0.717) is 24.6 Å². The molecule has 25 heavy (non-hydrogen) atoms. The third-order valence-corrected chi connectivity index (χ3v) is 3.83. The summed E-state index contributed by atoms with van der Waals surface area (Å²) in [6.07, 6.45) is 2.15. The van der Waals surface area contributed by atoms with Gasteiger partial charge < -0.3 is 14.4 Å². The molecule has 0 aliphatic rings. The first kappa shape index (κ1) is 17.2. The Morgan fingerprint density at radius 1 is 1.08 bits per heavy atom. The average Bonchev–Trinajstić information content (AvgIpc) is 3.10. The molecule has 0 amide bonds. The lowest BCUT2D eigenvalue weighted by molar-refractivity contribution is 0.222. The Labute approximate surface area is 147 Å². The van der Waals surface area contributed by atoms with Gasteiger partial charge in [0.2, 0.25) is 11.7 Å². The molecule has 2 aromatic carbocycles. The third-order valence-electron chi connectivity index (χ3n) is 3.83. The predicted octanol–water partition coefficient (Wildman–Crippen LogP) is 3.67. The maximum absolute atomic E-state index is 8.84. The second-order valence-electron chi connectivity index (χ2n) is 5.98. The quantitative estimate of drug-likeness (QED) is 0.679. The van der Waals surface area contributed by atoms with Crippen LogP contribution in [0.4, 0.5) is 0 Å². The van der Waals surface area contributed by atoms with Gasteiger partial charge >= 0.3 is 0 Å². The van der Waals surface area contributed by atoms with Gasteiger partial charge in [-0.1, -0.05) is 35.5 Å². The molecule has 130 valence electrons. The predicted molar refractivity (Wildman–Crippen MR) is 95.4 cm³/mol. The highest BCUT2D eigenvalue weighted by atomic mass is 16.5. The second-order valence-corrected chi connectivity index (χ2v) is 5.98. The molecular weight excluding hydrogens is 316 g/mol. The summed E-state index contributed by atoms with van der Waals surface area (Å²) in [6, 6.07) is 18.0. The Kier molecular flexibility index (Phi) is 5.80. The van der Waals surface area contributed by atoms with E-state index in [-0.39, 0.29) is 12.7 Å². The van der Waals surface area contributed by atoms with Crippen LogP contribution in [0.15, 0.2) is 59.1 Å². The summed E-state index contributed by atoms with van der Waals surface area (Å²) < 4.78 is 11.2. The van der Waals surface area contributed by atoms with Gasteiger partial charge in [0.25, 0.3) is 0 Å². The van der Waals surface area contributed by atoms with Crippen LogP contribution in [0, 0.1) is 0 Å². The van der Waals surface area contributed by atoms with Gasteiger partial charge in [0.15, 0.2) is 0 Å². The molecule has 0 saturated heterocycles. The van der Waals surface area contributed by atoms with Crippen LogP contribution in [0.2, 0.25) is 0 Å². The second kappa shape index (κ2) is 8.44. The van der Waals surface area contributed by atoms with Crippen molar-refractivity contribution >= 4 is 0 Å². The van der Waals surface area contributed by atoms with Gasteiger partial charge in [-0.15, -0.1) is 0 Å². The van der Waals surface area contributed by atoms with E-state index in [1.807, 2.05) is 42.5 Å². The summed E-state index contributed by atoms with van der Waals surface area (Å²) in [4.78, 5) is 4.33. The van der Waals surface area contributed by atoms with E-state index in [9.17, 15) is 0 Å². The first-order valence-electron chi connectivity index (χ1n) is 8.49. The van der Waals surface area contributed by atoms with Crippen LogP contribution < -0.4 is 4.74 Å². The number of hydrogen-bond donors (Lipinski definition) is 1. The highest BCUT2D eigenvalue weighted by Crippen LogP contribution is 2.21. The minimum atomic E-state index is 0.0866. The summed E-state index contributed by atoms with van der Waals surface area (Å²) in [5.74, 6) is 1.91. The smallest absolute Gasteiger partial charge is 0.227 e. The first-order valence-corrected chi connectivity index (χ1v) is 8.49. The molecule has 0 radical (unpaired) electrons.